The molecule has 0 aromatic carbocycles. The lowest BCUT2D eigenvalue weighted by molar-refractivity contribution is -0.150. The number of hydrogen-bond donors (Lipinski definition) is 0. The summed E-state index contributed by atoms with van der Waals surface area (Å²) in [7, 11) is 1.59. The van der Waals surface area contributed by atoms with Crippen molar-refractivity contribution >= 4 is 11.8 Å². The number of esters is 1. The van der Waals surface area contributed by atoms with Gasteiger partial charge in [-0.2, -0.15) is 0 Å². The zero-order chi connectivity index (χ0) is 16.1. The third-order valence-electron chi connectivity index (χ3n) is 3.63. The molecule has 1 aromatic heterocycles. The Balaban J connectivity index is 2.05. The molecular weight excluding hydrogens is 289 g/mol. The average Bonchev–Trinajstić information content (AvgIpc) is 2.96. The highest BCUT2D eigenvalue weighted by Gasteiger charge is 2.35. The summed E-state index contributed by atoms with van der Waals surface area (Å²) in [4.78, 5) is 22.2. The van der Waals surface area contributed by atoms with Crippen LogP contribution in [-0.2, 0) is 20.9 Å². The highest BCUT2D eigenvalue weighted by atomic mass is 19.1. The molecule has 0 N–H and O–H groups in total. The van der Waals surface area contributed by atoms with E-state index in [-0.39, 0.29) is 12.5 Å². The van der Waals surface area contributed by atoms with E-state index in [0.717, 1.165) is 11.5 Å². The molecule has 0 bridgehead atoms. The first-order valence-electron chi connectivity index (χ1n) is 7.44. The molecule has 0 saturated carbocycles. The average molecular weight is 311 g/mol. The number of carbonyl (C=O) groups excluding carboxylic acids is 1. The molecule has 0 amide bonds. The summed E-state index contributed by atoms with van der Waals surface area (Å²) in [5, 5.41) is 0. The molecule has 2 heterocycles. The summed E-state index contributed by atoms with van der Waals surface area (Å²) in [5.41, 5.74) is 0.836. The van der Waals surface area contributed by atoms with Gasteiger partial charge in [0, 0.05) is 37.9 Å². The highest BCUT2D eigenvalue weighted by Crippen LogP contribution is 2.27. The minimum absolute atomic E-state index is 0.196. The Labute approximate surface area is 129 Å². The Morgan fingerprint density at radius 1 is 1.55 bits per heavy atom. The number of aryl methyl sites for hydroxylation is 1. The summed E-state index contributed by atoms with van der Waals surface area (Å²) < 4.78 is 23.9. The molecule has 0 aliphatic carbocycles. The Morgan fingerprint density at radius 3 is 3.00 bits per heavy atom. The Kier molecular flexibility index (Phi) is 5.65. The zero-order valence-electron chi connectivity index (χ0n) is 13.2. The zero-order valence-corrected chi connectivity index (χ0v) is 13.2. The number of rotatable bonds is 6. The van der Waals surface area contributed by atoms with E-state index in [4.69, 9.17) is 9.47 Å². The van der Waals surface area contributed by atoms with Crippen LogP contribution in [0.5, 0.6) is 0 Å². The standard InChI is InChI=1S/C15H22FN3O3/c1-4-22-15(20)14(16)11-5-6-19(8-11)13-7-10(2)17-12(18-13)9-21-3/h7,11,14H,4-6,8-9H2,1-3H3/t11-,14+/m0/s1. The maximum absolute atomic E-state index is 14.1. The van der Waals surface area contributed by atoms with Crippen LogP contribution in [0.15, 0.2) is 6.07 Å². The molecule has 1 aliphatic heterocycles. The van der Waals surface area contributed by atoms with Crippen molar-refractivity contribution in [2.24, 2.45) is 5.92 Å². The van der Waals surface area contributed by atoms with Gasteiger partial charge < -0.3 is 14.4 Å². The molecule has 2 atom stereocenters. The van der Waals surface area contributed by atoms with E-state index < -0.39 is 12.1 Å². The Bertz CT molecular complexity index is 527. The molecule has 1 aromatic rings. The summed E-state index contributed by atoms with van der Waals surface area (Å²) in [6, 6.07) is 1.86. The lowest BCUT2D eigenvalue weighted by Crippen LogP contribution is -2.30. The van der Waals surface area contributed by atoms with Gasteiger partial charge in [0.2, 0.25) is 6.17 Å². The predicted molar refractivity (Wildman–Crippen MR) is 79.3 cm³/mol. The molecule has 2 rings (SSSR count). The number of alkyl halides is 1. The van der Waals surface area contributed by atoms with E-state index in [1.165, 1.54) is 0 Å². The number of aromatic nitrogens is 2. The summed E-state index contributed by atoms with van der Waals surface area (Å²) in [5.74, 6) is 0.217. The van der Waals surface area contributed by atoms with Gasteiger partial charge in [-0.1, -0.05) is 0 Å². The van der Waals surface area contributed by atoms with Gasteiger partial charge >= 0.3 is 5.97 Å². The summed E-state index contributed by atoms with van der Waals surface area (Å²) in [6.45, 7) is 5.19. The summed E-state index contributed by atoms with van der Waals surface area (Å²) >= 11 is 0. The van der Waals surface area contributed by atoms with Gasteiger partial charge in [0.15, 0.2) is 5.82 Å². The maximum atomic E-state index is 14.1. The van der Waals surface area contributed by atoms with Crippen LogP contribution in [-0.4, -0.2) is 48.9 Å². The molecule has 1 fully saturated rings. The number of ether oxygens (including phenoxy) is 2. The number of anilines is 1. The van der Waals surface area contributed by atoms with Crippen molar-refractivity contribution in [3.8, 4) is 0 Å². The molecule has 0 unspecified atom stereocenters. The first-order chi connectivity index (χ1) is 10.5. The van der Waals surface area contributed by atoms with Crippen LogP contribution in [0.1, 0.15) is 24.9 Å². The second kappa shape index (κ2) is 7.49. The van der Waals surface area contributed by atoms with Gasteiger partial charge in [0.05, 0.1) is 6.61 Å². The van der Waals surface area contributed by atoms with E-state index in [1.807, 2.05) is 17.9 Å². The van der Waals surface area contributed by atoms with Crippen molar-refractivity contribution in [2.75, 3.05) is 31.7 Å². The van der Waals surface area contributed by atoms with Crippen LogP contribution >= 0.6 is 0 Å². The minimum atomic E-state index is -1.58. The van der Waals surface area contributed by atoms with E-state index in [0.29, 0.717) is 31.9 Å². The number of hydrogen-bond acceptors (Lipinski definition) is 6. The fourth-order valence-corrected chi connectivity index (χ4v) is 2.62. The fraction of sp³-hybridized carbons (Fsp3) is 0.667. The lowest BCUT2D eigenvalue weighted by Gasteiger charge is -2.19. The topological polar surface area (TPSA) is 64.5 Å². The van der Waals surface area contributed by atoms with Gasteiger partial charge in [-0.05, 0) is 20.3 Å². The van der Waals surface area contributed by atoms with Crippen molar-refractivity contribution in [1.82, 2.24) is 9.97 Å². The predicted octanol–water partition coefficient (Wildman–Crippen LogP) is 1.66. The Morgan fingerprint density at radius 2 is 2.32 bits per heavy atom. The lowest BCUT2D eigenvalue weighted by atomic mass is 10.0. The smallest absolute Gasteiger partial charge is 0.341 e. The third-order valence-corrected chi connectivity index (χ3v) is 3.63. The second-order valence-corrected chi connectivity index (χ2v) is 5.37. The third kappa shape index (κ3) is 3.91. The molecule has 1 saturated heterocycles. The van der Waals surface area contributed by atoms with E-state index in [2.05, 4.69) is 9.97 Å². The van der Waals surface area contributed by atoms with Gasteiger partial charge in [0.25, 0.3) is 0 Å². The maximum Gasteiger partial charge on any atom is 0.341 e. The van der Waals surface area contributed by atoms with Crippen molar-refractivity contribution in [2.45, 2.75) is 33.0 Å². The highest BCUT2D eigenvalue weighted by molar-refractivity contribution is 5.75. The monoisotopic (exact) mass is 311 g/mol. The number of carbonyl (C=O) groups is 1. The number of nitrogens with zero attached hydrogens (tertiary/aromatic N) is 3. The van der Waals surface area contributed by atoms with E-state index >= 15 is 0 Å². The van der Waals surface area contributed by atoms with Crippen molar-refractivity contribution in [3.05, 3.63) is 17.6 Å². The fourth-order valence-electron chi connectivity index (χ4n) is 2.62. The van der Waals surface area contributed by atoms with Gasteiger partial charge in [-0.3, -0.25) is 0 Å². The molecule has 0 spiro atoms. The van der Waals surface area contributed by atoms with Crippen LogP contribution in [0.3, 0.4) is 0 Å². The van der Waals surface area contributed by atoms with Crippen molar-refractivity contribution in [1.29, 1.82) is 0 Å². The minimum Gasteiger partial charge on any atom is -0.464 e. The summed E-state index contributed by atoms with van der Waals surface area (Å²) in [6.07, 6.45) is -0.978. The normalized spacial score (nSPS) is 19.3. The molecule has 1 aliphatic rings. The van der Waals surface area contributed by atoms with Crippen molar-refractivity contribution < 1.29 is 18.7 Å². The first kappa shape index (κ1) is 16.6. The molecule has 22 heavy (non-hydrogen) atoms. The molecule has 6 nitrogen and oxygen atoms in total. The first-order valence-corrected chi connectivity index (χ1v) is 7.44. The number of methoxy groups -OCH3 is 1. The second-order valence-electron chi connectivity index (χ2n) is 5.37. The van der Waals surface area contributed by atoms with E-state index in [1.54, 1.807) is 14.0 Å². The van der Waals surface area contributed by atoms with Gasteiger partial charge in [-0.15, -0.1) is 0 Å². The molecule has 0 radical (unpaired) electrons. The largest absolute Gasteiger partial charge is 0.464 e. The molecular formula is C15H22FN3O3. The molecule has 7 heteroatoms. The molecule has 122 valence electrons. The Hall–Kier alpha value is -1.76. The SMILES string of the molecule is CCOC(=O)[C@H](F)[C@H]1CCN(c2cc(C)nc(COC)n2)C1. The van der Waals surface area contributed by atoms with Gasteiger partial charge in [0.1, 0.15) is 12.4 Å². The van der Waals surface area contributed by atoms with Crippen LogP contribution in [0.25, 0.3) is 0 Å². The quantitative estimate of drug-likeness (QED) is 0.745. The van der Waals surface area contributed by atoms with Crippen LogP contribution in [0.4, 0.5) is 10.2 Å². The van der Waals surface area contributed by atoms with Crippen molar-refractivity contribution in [3.63, 3.8) is 0 Å². The van der Waals surface area contributed by atoms with Crippen LogP contribution < -0.4 is 4.90 Å². The van der Waals surface area contributed by atoms with Crippen LogP contribution in [0.2, 0.25) is 0 Å². The van der Waals surface area contributed by atoms with E-state index in [9.17, 15) is 9.18 Å². The van der Waals surface area contributed by atoms with Crippen LogP contribution in [0, 0.1) is 12.8 Å². The van der Waals surface area contributed by atoms with Gasteiger partial charge in [-0.25, -0.2) is 19.2 Å². The number of halogens is 1.